The van der Waals surface area contributed by atoms with Crippen molar-refractivity contribution in [2.45, 2.75) is 19.3 Å². The van der Waals surface area contributed by atoms with Crippen LogP contribution in [0.1, 0.15) is 19.3 Å². The number of halogens is 1. The average molecular weight is 311 g/mol. The van der Waals surface area contributed by atoms with E-state index in [1.54, 1.807) is 12.1 Å². The molecule has 0 bridgehead atoms. The Balaban J connectivity index is 1.67. The smallest absolute Gasteiger partial charge is 0.224 e. The van der Waals surface area contributed by atoms with Crippen LogP contribution in [0.5, 0.6) is 0 Å². The van der Waals surface area contributed by atoms with Gasteiger partial charge in [-0.05, 0) is 44.0 Å². The van der Waals surface area contributed by atoms with Crippen LogP contribution in [0.15, 0.2) is 12.1 Å². The molecule has 1 amide bonds. The first-order chi connectivity index (χ1) is 9.74. The molecule has 0 radical (unpaired) electrons. The third kappa shape index (κ3) is 2.92. The van der Waals surface area contributed by atoms with Crippen molar-refractivity contribution in [2.24, 2.45) is 5.92 Å². The molecule has 1 aromatic carbocycles. The van der Waals surface area contributed by atoms with Gasteiger partial charge in [-0.1, -0.05) is 11.6 Å². The normalized spacial score (nSPS) is 18.6. The summed E-state index contributed by atoms with van der Waals surface area (Å²) in [6.07, 6.45) is 2.57. The van der Waals surface area contributed by atoms with E-state index in [-0.39, 0.29) is 5.91 Å². The van der Waals surface area contributed by atoms with E-state index >= 15 is 0 Å². The van der Waals surface area contributed by atoms with Crippen LogP contribution in [0, 0.1) is 5.92 Å². The Morgan fingerprint density at radius 1 is 1.50 bits per heavy atom. The molecule has 1 aromatic heterocycles. The van der Waals surface area contributed by atoms with E-state index < -0.39 is 0 Å². The molecule has 1 fully saturated rings. The molecule has 2 heterocycles. The summed E-state index contributed by atoms with van der Waals surface area (Å²) < 4.78 is 8.34. The molecule has 20 heavy (non-hydrogen) atoms. The van der Waals surface area contributed by atoms with E-state index in [0.717, 1.165) is 43.2 Å². The van der Waals surface area contributed by atoms with Gasteiger partial charge in [-0.15, -0.1) is 0 Å². The molecule has 7 heteroatoms. The second-order valence-corrected chi connectivity index (χ2v) is 5.94. The summed E-state index contributed by atoms with van der Waals surface area (Å²) in [4.78, 5) is 12.1. The molecule has 1 saturated heterocycles. The number of anilines is 1. The summed E-state index contributed by atoms with van der Waals surface area (Å²) in [5.74, 6) is 0.590. The summed E-state index contributed by atoms with van der Waals surface area (Å²) >= 11 is 7.26. The number of rotatable bonds is 4. The number of carbonyl (C=O) groups excluding carboxylic acids is 1. The molecule has 0 aliphatic carbocycles. The number of carbonyl (C=O) groups is 1. The van der Waals surface area contributed by atoms with Crippen LogP contribution >= 0.6 is 23.3 Å². The average Bonchev–Trinajstić information content (AvgIpc) is 3.10. The maximum absolute atomic E-state index is 12.1. The number of benzene rings is 1. The minimum Gasteiger partial charge on any atom is -0.323 e. The van der Waals surface area contributed by atoms with Gasteiger partial charge < -0.3 is 10.6 Å². The number of aromatic nitrogens is 2. The molecule has 0 spiro atoms. The highest BCUT2D eigenvalue weighted by atomic mass is 35.5. The minimum absolute atomic E-state index is 0.0145. The molecule has 2 N–H and O–H groups in total. The van der Waals surface area contributed by atoms with Crippen molar-refractivity contribution >= 4 is 46.0 Å². The van der Waals surface area contributed by atoms with Gasteiger partial charge in [0.05, 0.1) is 22.4 Å². The summed E-state index contributed by atoms with van der Waals surface area (Å²) in [6.45, 7) is 2.07. The Labute approximate surface area is 126 Å². The van der Waals surface area contributed by atoms with Crippen LogP contribution in [-0.4, -0.2) is 27.7 Å². The highest BCUT2D eigenvalue weighted by Gasteiger charge is 2.17. The third-order valence-electron chi connectivity index (χ3n) is 3.58. The fourth-order valence-corrected chi connectivity index (χ4v) is 3.19. The summed E-state index contributed by atoms with van der Waals surface area (Å²) in [5, 5.41) is 6.68. The molecule has 1 aliphatic rings. The van der Waals surface area contributed by atoms with Crippen molar-refractivity contribution < 1.29 is 4.79 Å². The fraction of sp³-hybridized carbons (Fsp3) is 0.462. The molecule has 2 aromatic rings. The van der Waals surface area contributed by atoms with Crippen LogP contribution in [-0.2, 0) is 4.79 Å². The van der Waals surface area contributed by atoms with Crippen molar-refractivity contribution in [3.05, 3.63) is 17.2 Å². The lowest BCUT2D eigenvalue weighted by Crippen LogP contribution is -2.15. The first-order valence-corrected chi connectivity index (χ1v) is 7.76. The highest BCUT2D eigenvalue weighted by Crippen LogP contribution is 2.30. The molecule has 106 valence electrons. The maximum Gasteiger partial charge on any atom is 0.224 e. The molecular weight excluding hydrogens is 296 g/mol. The Bertz CT molecular complexity index is 624. The molecule has 1 atom stereocenters. The van der Waals surface area contributed by atoms with Gasteiger partial charge in [0.15, 0.2) is 0 Å². The summed E-state index contributed by atoms with van der Waals surface area (Å²) in [6, 6.07) is 3.54. The SMILES string of the molecule is O=C(CCC1CCNC1)Nc1c(Cl)ccc2nsnc12. The number of nitrogens with zero attached hydrogens (tertiary/aromatic N) is 2. The Morgan fingerprint density at radius 2 is 2.40 bits per heavy atom. The van der Waals surface area contributed by atoms with E-state index in [9.17, 15) is 4.79 Å². The quantitative estimate of drug-likeness (QED) is 0.911. The lowest BCUT2D eigenvalue weighted by molar-refractivity contribution is -0.116. The van der Waals surface area contributed by atoms with Crippen molar-refractivity contribution in [3.8, 4) is 0 Å². The van der Waals surface area contributed by atoms with Crippen LogP contribution < -0.4 is 10.6 Å². The zero-order valence-electron chi connectivity index (χ0n) is 10.9. The van der Waals surface area contributed by atoms with Crippen LogP contribution in [0.4, 0.5) is 5.69 Å². The zero-order valence-corrected chi connectivity index (χ0v) is 12.4. The molecule has 1 unspecified atom stereocenters. The Morgan fingerprint density at radius 3 is 3.20 bits per heavy atom. The van der Waals surface area contributed by atoms with Gasteiger partial charge in [0, 0.05) is 6.42 Å². The number of amides is 1. The number of hydrogen-bond acceptors (Lipinski definition) is 5. The standard InChI is InChI=1S/C13H15ClN4OS/c14-9-2-3-10-13(18-20-17-10)12(9)16-11(19)4-1-8-5-6-15-7-8/h2-3,8,15H,1,4-7H2,(H,16,19). The van der Waals surface area contributed by atoms with E-state index in [2.05, 4.69) is 19.4 Å². The predicted molar refractivity (Wildman–Crippen MR) is 81.3 cm³/mol. The minimum atomic E-state index is -0.0145. The molecule has 0 saturated carbocycles. The predicted octanol–water partition coefficient (Wildman–Crippen LogP) is 2.67. The second kappa shape index (κ2) is 6.03. The van der Waals surface area contributed by atoms with Gasteiger partial charge in [0.2, 0.25) is 5.91 Å². The highest BCUT2D eigenvalue weighted by molar-refractivity contribution is 7.00. The lowest BCUT2D eigenvalue weighted by Gasteiger charge is -2.10. The Hall–Kier alpha value is -1.24. The first-order valence-electron chi connectivity index (χ1n) is 6.65. The largest absolute Gasteiger partial charge is 0.323 e. The van der Waals surface area contributed by atoms with Crippen LogP contribution in [0.2, 0.25) is 5.02 Å². The third-order valence-corrected chi connectivity index (χ3v) is 4.44. The van der Waals surface area contributed by atoms with Crippen molar-refractivity contribution in [3.63, 3.8) is 0 Å². The molecule has 1 aliphatic heterocycles. The first kappa shape index (κ1) is 13.7. The fourth-order valence-electron chi connectivity index (χ4n) is 2.44. The number of hydrogen-bond donors (Lipinski definition) is 2. The topological polar surface area (TPSA) is 66.9 Å². The van der Waals surface area contributed by atoms with E-state index in [1.165, 1.54) is 0 Å². The monoisotopic (exact) mass is 310 g/mol. The van der Waals surface area contributed by atoms with Crippen LogP contribution in [0.3, 0.4) is 0 Å². The van der Waals surface area contributed by atoms with E-state index in [1.807, 2.05) is 0 Å². The summed E-state index contributed by atoms with van der Waals surface area (Å²) in [7, 11) is 0. The van der Waals surface area contributed by atoms with Crippen molar-refractivity contribution in [2.75, 3.05) is 18.4 Å². The van der Waals surface area contributed by atoms with Crippen LogP contribution in [0.25, 0.3) is 11.0 Å². The van der Waals surface area contributed by atoms with Gasteiger partial charge in [-0.2, -0.15) is 8.75 Å². The van der Waals surface area contributed by atoms with Crippen molar-refractivity contribution in [1.82, 2.24) is 14.1 Å². The zero-order chi connectivity index (χ0) is 13.9. The van der Waals surface area contributed by atoms with Gasteiger partial charge >= 0.3 is 0 Å². The van der Waals surface area contributed by atoms with Gasteiger partial charge in [-0.25, -0.2) is 0 Å². The number of nitrogens with one attached hydrogen (secondary N) is 2. The number of fused-ring (bicyclic) bond motifs is 1. The van der Waals surface area contributed by atoms with Gasteiger partial charge in [0.25, 0.3) is 0 Å². The molecule has 5 nitrogen and oxygen atoms in total. The second-order valence-electron chi connectivity index (χ2n) is 5.00. The van der Waals surface area contributed by atoms with Gasteiger partial charge in [-0.3, -0.25) is 4.79 Å². The molecule has 3 rings (SSSR count). The van der Waals surface area contributed by atoms with E-state index in [0.29, 0.717) is 28.6 Å². The molecular formula is C13H15ClN4OS. The van der Waals surface area contributed by atoms with E-state index in [4.69, 9.17) is 11.6 Å². The lowest BCUT2D eigenvalue weighted by atomic mass is 10.0. The van der Waals surface area contributed by atoms with Gasteiger partial charge in [0.1, 0.15) is 11.0 Å². The maximum atomic E-state index is 12.1. The summed E-state index contributed by atoms with van der Waals surface area (Å²) in [5.41, 5.74) is 2.00. The Kier molecular flexibility index (Phi) is 4.14. The van der Waals surface area contributed by atoms with Crippen molar-refractivity contribution in [1.29, 1.82) is 0 Å².